The molecule has 0 amide bonds. The monoisotopic (exact) mass is 349 g/mol. The number of nitrogens with one attached hydrogen (secondary N) is 2. The second-order valence-corrected chi connectivity index (χ2v) is 5.33. The second kappa shape index (κ2) is 5.97. The number of methoxy groups -OCH3 is 1. The molecule has 0 saturated heterocycles. The molecule has 9 heteroatoms. The van der Waals surface area contributed by atoms with Crippen molar-refractivity contribution in [2.45, 2.75) is 0 Å². The van der Waals surface area contributed by atoms with Crippen LogP contribution in [0.1, 0.15) is 5.69 Å². The minimum absolute atomic E-state index is 0.0140. The summed E-state index contributed by atoms with van der Waals surface area (Å²) in [6.45, 7) is 0. The van der Waals surface area contributed by atoms with Crippen LogP contribution in [0.5, 0.6) is 5.75 Å². The topological polar surface area (TPSA) is 109 Å². The van der Waals surface area contributed by atoms with Crippen LogP contribution in [0, 0.1) is 5.82 Å². The number of benzene rings is 1. The number of anilines is 1. The lowest BCUT2D eigenvalue weighted by molar-refractivity contribution is 0.412. The van der Waals surface area contributed by atoms with Gasteiger partial charge in [-0.15, -0.1) is 0 Å². The maximum absolute atomic E-state index is 14.1. The third-order valence-electron chi connectivity index (χ3n) is 3.47. The Bertz CT molecular complexity index is 1020. The number of pyridine rings is 1. The van der Waals surface area contributed by atoms with E-state index in [4.69, 9.17) is 22.1 Å². The van der Waals surface area contributed by atoms with Crippen molar-refractivity contribution in [1.82, 2.24) is 15.0 Å². The Balaban J connectivity index is 2.26. The van der Waals surface area contributed by atoms with Gasteiger partial charge in [-0.25, -0.2) is 9.37 Å². The molecule has 3 rings (SSSR count). The van der Waals surface area contributed by atoms with E-state index >= 15 is 0 Å². The molecule has 2 heterocycles. The number of imidazole rings is 1. The number of halogens is 2. The highest BCUT2D eigenvalue weighted by molar-refractivity contribution is 6.36. The van der Waals surface area contributed by atoms with E-state index < -0.39 is 11.4 Å². The Labute approximate surface area is 140 Å². The van der Waals surface area contributed by atoms with Crippen molar-refractivity contribution in [3.8, 4) is 17.1 Å². The van der Waals surface area contributed by atoms with Gasteiger partial charge in [-0.2, -0.15) is 0 Å². The van der Waals surface area contributed by atoms with Crippen LogP contribution < -0.4 is 16.0 Å². The van der Waals surface area contributed by atoms with Crippen molar-refractivity contribution >= 4 is 34.5 Å². The maximum Gasteiger partial charge on any atom is 0.261 e. The van der Waals surface area contributed by atoms with Crippen LogP contribution in [0.15, 0.2) is 21.9 Å². The molecule has 0 radical (unpaired) electrons. The van der Waals surface area contributed by atoms with Gasteiger partial charge in [0.05, 0.1) is 29.0 Å². The van der Waals surface area contributed by atoms with Gasteiger partial charge in [0.15, 0.2) is 5.82 Å². The van der Waals surface area contributed by atoms with Crippen LogP contribution in [0.3, 0.4) is 0 Å². The standard InChI is InChI=1S/C15H13ClFN5O2/c1-19-5-9-12(18)11(16)10(15(23)21-9)14-20-8-4-6(24-2)3-7(17)13(8)22-14/h3-5H,18H2,1-2H3,(H,20,22)(H,21,23). The quantitative estimate of drug-likeness (QED) is 0.630. The van der Waals surface area contributed by atoms with Gasteiger partial charge in [0.1, 0.15) is 22.7 Å². The highest BCUT2D eigenvalue weighted by Gasteiger charge is 2.19. The Kier molecular flexibility index (Phi) is 3.98. The highest BCUT2D eigenvalue weighted by Crippen LogP contribution is 2.31. The largest absolute Gasteiger partial charge is 0.497 e. The first-order chi connectivity index (χ1) is 11.5. The number of hydrogen-bond donors (Lipinski definition) is 3. The van der Waals surface area contributed by atoms with Crippen LogP contribution in [0.2, 0.25) is 5.02 Å². The van der Waals surface area contributed by atoms with Crippen LogP contribution in [0.4, 0.5) is 10.1 Å². The van der Waals surface area contributed by atoms with E-state index in [-0.39, 0.29) is 27.6 Å². The summed E-state index contributed by atoms with van der Waals surface area (Å²) >= 11 is 6.21. The number of aromatic nitrogens is 3. The van der Waals surface area contributed by atoms with Gasteiger partial charge < -0.3 is 20.4 Å². The number of nitrogens with two attached hydrogens (primary N) is 1. The van der Waals surface area contributed by atoms with E-state index in [1.165, 1.54) is 26.4 Å². The normalized spacial score (nSPS) is 11.5. The number of hydrogen-bond acceptors (Lipinski definition) is 5. The SMILES string of the molecule is CN=Cc1[nH]c(=O)c(-c2nc3c(F)cc(OC)cc3[nH]2)c(Cl)c1N. The zero-order valence-corrected chi connectivity index (χ0v) is 13.5. The number of H-pyrrole nitrogens is 2. The summed E-state index contributed by atoms with van der Waals surface area (Å²) in [5, 5.41) is 0.0140. The smallest absolute Gasteiger partial charge is 0.261 e. The maximum atomic E-state index is 14.1. The minimum Gasteiger partial charge on any atom is -0.497 e. The predicted octanol–water partition coefficient (Wildman–Crippen LogP) is 2.35. The lowest BCUT2D eigenvalue weighted by Crippen LogP contribution is -2.15. The van der Waals surface area contributed by atoms with E-state index in [2.05, 4.69) is 19.9 Å². The average Bonchev–Trinajstić information content (AvgIpc) is 2.96. The number of aromatic amines is 2. The molecule has 2 aromatic heterocycles. The van der Waals surface area contributed by atoms with E-state index in [9.17, 15) is 9.18 Å². The summed E-state index contributed by atoms with van der Waals surface area (Å²) in [7, 11) is 2.96. The van der Waals surface area contributed by atoms with E-state index in [0.29, 0.717) is 17.0 Å². The average molecular weight is 350 g/mol. The van der Waals surface area contributed by atoms with Crippen molar-refractivity contribution in [3.05, 3.63) is 39.0 Å². The number of aliphatic imine (C=N–C) groups is 1. The predicted molar refractivity (Wildman–Crippen MR) is 91.6 cm³/mol. The molecule has 0 fully saturated rings. The molecule has 0 saturated carbocycles. The number of fused-ring (bicyclic) bond motifs is 1. The zero-order valence-electron chi connectivity index (χ0n) is 12.8. The van der Waals surface area contributed by atoms with Gasteiger partial charge in [0.25, 0.3) is 5.56 Å². The Hall–Kier alpha value is -2.87. The summed E-state index contributed by atoms with van der Waals surface area (Å²) in [5.41, 5.74) is 6.30. The molecule has 0 aliphatic rings. The first-order valence-corrected chi connectivity index (χ1v) is 7.21. The van der Waals surface area contributed by atoms with Gasteiger partial charge in [-0.3, -0.25) is 9.79 Å². The molecule has 0 aliphatic carbocycles. The number of nitrogen functional groups attached to an aromatic ring is 1. The van der Waals surface area contributed by atoms with Gasteiger partial charge in [-0.1, -0.05) is 11.6 Å². The number of nitrogens with zero attached hydrogens (tertiary/aromatic N) is 2. The second-order valence-electron chi connectivity index (χ2n) is 4.95. The fourth-order valence-corrected chi connectivity index (χ4v) is 2.61. The first kappa shape index (κ1) is 16.0. The molecule has 24 heavy (non-hydrogen) atoms. The van der Waals surface area contributed by atoms with Gasteiger partial charge >= 0.3 is 0 Å². The van der Waals surface area contributed by atoms with Crippen molar-refractivity contribution in [2.75, 3.05) is 19.9 Å². The Morgan fingerprint density at radius 3 is 2.83 bits per heavy atom. The summed E-state index contributed by atoms with van der Waals surface area (Å²) in [6.07, 6.45) is 1.38. The minimum atomic E-state index is -0.581. The molecule has 1 aromatic carbocycles. The van der Waals surface area contributed by atoms with Gasteiger partial charge in [0, 0.05) is 25.4 Å². The van der Waals surface area contributed by atoms with Crippen LogP contribution >= 0.6 is 11.6 Å². The molecule has 0 bridgehead atoms. The fourth-order valence-electron chi connectivity index (χ4n) is 2.33. The lowest BCUT2D eigenvalue weighted by atomic mass is 10.2. The molecule has 0 aliphatic heterocycles. The number of ether oxygens (including phenoxy) is 1. The van der Waals surface area contributed by atoms with Crippen molar-refractivity contribution in [2.24, 2.45) is 4.99 Å². The van der Waals surface area contributed by atoms with Crippen molar-refractivity contribution in [1.29, 1.82) is 0 Å². The van der Waals surface area contributed by atoms with Crippen LogP contribution in [0.25, 0.3) is 22.4 Å². The van der Waals surface area contributed by atoms with Gasteiger partial charge in [-0.05, 0) is 0 Å². The Morgan fingerprint density at radius 1 is 1.42 bits per heavy atom. The third-order valence-corrected chi connectivity index (χ3v) is 3.86. The van der Waals surface area contributed by atoms with Crippen LogP contribution in [-0.2, 0) is 0 Å². The molecular weight excluding hydrogens is 337 g/mol. The first-order valence-electron chi connectivity index (χ1n) is 6.83. The summed E-state index contributed by atoms with van der Waals surface area (Å²) in [4.78, 5) is 25.7. The molecule has 0 atom stereocenters. The third kappa shape index (κ3) is 2.50. The molecule has 124 valence electrons. The van der Waals surface area contributed by atoms with Crippen molar-refractivity contribution < 1.29 is 9.13 Å². The zero-order chi connectivity index (χ0) is 17.4. The van der Waals surface area contributed by atoms with Crippen LogP contribution in [-0.4, -0.2) is 35.3 Å². The highest BCUT2D eigenvalue weighted by atomic mass is 35.5. The fraction of sp³-hybridized carbons (Fsp3) is 0.133. The molecule has 0 spiro atoms. The van der Waals surface area contributed by atoms with E-state index in [1.807, 2.05) is 0 Å². The summed E-state index contributed by atoms with van der Waals surface area (Å²) in [6, 6.07) is 2.77. The lowest BCUT2D eigenvalue weighted by Gasteiger charge is -2.06. The summed E-state index contributed by atoms with van der Waals surface area (Å²) in [5.74, 6) is -0.151. The molecular formula is C15H13ClFN5O2. The van der Waals surface area contributed by atoms with E-state index in [1.54, 1.807) is 6.07 Å². The van der Waals surface area contributed by atoms with Crippen molar-refractivity contribution in [3.63, 3.8) is 0 Å². The number of rotatable bonds is 3. The Morgan fingerprint density at radius 2 is 2.17 bits per heavy atom. The molecule has 4 N–H and O–H groups in total. The molecule has 0 unspecified atom stereocenters. The summed E-state index contributed by atoms with van der Waals surface area (Å²) < 4.78 is 19.1. The molecule has 7 nitrogen and oxygen atoms in total. The van der Waals surface area contributed by atoms with E-state index in [0.717, 1.165) is 0 Å². The van der Waals surface area contributed by atoms with Gasteiger partial charge in [0.2, 0.25) is 0 Å². The molecule has 3 aromatic rings.